The van der Waals surface area contributed by atoms with E-state index in [0.717, 1.165) is 21.9 Å². The Kier molecular flexibility index (Phi) is 10.1. The molecule has 0 bridgehead atoms. The van der Waals surface area contributed by atoms with E-state index in [4.69, 9.17) is 6.42 Å². The smallest absolute Gasteiger partial charge is 0.333 e. The van der Waals surface area contributed by atoms with E-state index in [1.807, 2.05) is 60.7 Å². The minimum atomic E-state index is -0.874. The molecule has 7 rings (SSSR count). The van der Waals surface area contributed by atoms with Gasteiger partial charge in [-0.25, -0.2) is 14.2 Å². The maximum atomic E-state index is 14.5. The summed E-state index contributed by atoms with van der Waals surface area (Å²) in [6.07, 6.45) is 5.26. The van der Waals surface area contributed by atoms with Crippen molar-refractivity contribution in [3.8, 4) is 12.3 Å². The fraction of sp³-hybridized carbons (Fsp3) is 0.190. The number of rotatable bonds is 10. The Bertz CT molecular complexity index is 2180. The molecule has 2 atom stereocenters. The number of urea groups is 1. The highest BCUT2D eigenvalue weighted by atomic mass is 19.1. The molecule has 0 aromatic heterocycles. The molecular weight excluding hydrogens is 671 g/mol. The summed E-state index contributed by atoms with van der Waals surface area (Å²) in [4.78, 5) is 58.0. The number of benzene rings is 5. The number of carbonyl (C=O) groups is 4. The number of halogens is 1. The largest absolute Gasteiger partial charge is 0.333 e. The Hall–Kier alpha value is -6.51. The molecule has 11 heteroatoms. The zero-order valence-electron chi connectivity index (χ0n) is 28.8. The van der Waals surface area contributed by atoms with Crippen molar-refractivity contribution in [1.82, 2.24) is 25.1 Å². The number of hydrazine groups is 1. The van der Waals surface area contributed by atoms with Crippen LogP contribution in [0.2, 0.25) is 0 Å². The number of nitrogens with zero attached hydrogens (tertiary/aromatic N) is 4. The highest BCUT2D eigenvalue weighted by molar-refractivity contribution is 6.04. The van der Waals surface area contributed by atoms with E-state index >= 15 is 0 Å². The topological polar surface area (TPSA) is 105 Å². The van der Waals surface area contributed by atoms with Crippen molar-refractivity contribution in [2.24, 2.45) is 0 Å². The quantitative estimate of drug-likeness (QED) is 0.189. The van der Waals surface area contributed by atoms with Crippen LogP contribution in [-0.4, -0.2) is 75.4 Å². The van der Waals surface area contributed by atoms with Crippen molar-refractivity contribution in [3.63, 3.8) is 0 Å². The molecule has 53 heavy (non-hydrogen) atoms. The summed E-state index contributed by atoms with van der Waals surface area (Å²) < 4.78 is 13.5. The minimum absolute atomic E-state index is 0.118. The fourth-order valence-corrected chi connectivity index (χ4v) is 7.00. The predicted molar refractivity (Wildman–Crippen MR) is 199 cm³/mol. The van der Waals surface area contributed by atoms with Crippen molar-refractivity contribution in [2.75, 3.05) is 25.0 Å². The summed E-state index contributed by atoms with van der Waals surface area (Å²) in [6, 6.07) is 34.4. The van der Waals surface area contributed by atoms with Crippen molar-refractivity contribution in [1.29, 1.82) is 0 Å². The molecule has 0 spiro atoms. The molecule has 5 amide bonds. The molecule has 2 fully saturated rings. The molecule has 0 unspecified atom stereocenters. The van der Waals surface area contributed by atoms with Crippen LogP contribution in [0.5, 0.6) is 0 Å². The lowest BCUT2D eigenvalue weighted by Gasteiger charge is -2.46. The first kappa shape index (κ1) is 34.9. The molecule has 0 radical (unpaired) electrons. The Morgan fingerprint density at radius 1 is 0.849 bits per heavy atom. The highest BCUT2D eigenvalue weighted by Gasteiger charge is 2.52. The Labute approximate surface area is 306 Å². The number of amides is 5. The van der Waals surface area contributed by atoms with Gasteiger partial charge in [-0.05, 0) is 63.9 Å². The van der Waals surface area contributed by atoms with Crippen LogP contribution in [0.4, 0.5) is 14.9 Å². The van der Waals surface area contributed by atoms with Crippen molar-refractivity contribution < 1.29 is 23.6 Å². The van der Waals surface area contributed by atoms with Crippen molar-refractivity contribution in [3.05, 3.63) is 149 Å². The van der Waals surface area contributed by atoms with Gasteiger partial charge in [0.2, 0.25) is 11.8 Å². The average molecular weight is 709 g/mol. The SMILES string of the molecule is C#CCN(C(=O)NCc1ccc(F)cc1)N1CC(=O)N2[C@@H](Cc3ccc(NC(=O)c4ccccc4)cc3)C(=O)N(Cc3cccc4ccccc34)C[C@@H]21. The van der Waals surface area contributed by atoms with Gasteiger partial charge in [0, 0.05) is 30.8 Å². The second-order valence-electron chi connectivity index (χ2n) is 13.0. The van der Waals surface area contributed by atoms with Crippen LogP contribution in [0.25, 0.3) is 10.8 Å². The number of anilines is 1. The second kappa shape index (κ2) is 15.4. The Morgan fingerprint density at radius 3 is 2.30 bits per heavy atom. The molecule has 2 heterocycles. The van der Waals surface area contributed by atoms with Gasteiger partial charge in [0.05, 0.1) is 19.6 Å². The Morgan fingerprint density at radius 2 is 1.55 bits per heavy atom. The summed E-state index contributed by atoms with van der Waals surface area (Å²) in [5.41, 5.74) is 3.55. The first-order valence-corrected chi connectivity index (χ1v) is 17.3. The molecule has 0 aliphatic carbocycles. The third-order valence-corrected chi connectivity index (χ3v) is 9.63. The summed E-state index contributed by atoms with van der Waals surface area (Å²) >= 11 is 0. The number of carbonyl (C=O) groups excluding carboxylic acids is 4. The van der Waals surface area contributed by atoms with Crippen LogP contribution in [0.3, 0.4) is 0 Å². The van der Waals surface area contributed by atoms with Crippen LogP contribution in [0.15, 0.2) is 121 Å². The van der Waals surface area contributed by atoms with Crippen LogP contribution >= 0.6 is 0 Å². The fourth-order valence-electron chi connectivity index (χ4n) is 7.00. The van der Waals surface area contributed by atoms with Gasteiger partial charge >= 0.3 is 6.03 Å². The van der Waals surface area contributed by atoms with E-state index in [0.29, 0.717) is 23.4 Å². The Balaban J connectivity index is 1.16. The third-order valence-electron chi connectivity index (χ3n) is 9.63. The second-order valence-corrected chi connectivity index (χ2v) is 13.0. The van der Waals surface area contributed by atoms with Crippen LogP contribution in [0, 0.1) is 18.2 Å². The standard InChI is InChI=1S/C42H37FN6O4/c1-2-23-47(42(53)44-25-30-15-19-34(43)20-16-30)48-28-39(50)49-37(24-29-17-21-35(22-18-29)45-40(51)32-10-4-3-5-11-32)41(52)46(27-38(48)49)26-33-13-8-12-31-9-6-7-14-36(31)33/h1,3-22,37-38H,23-28H2,(H,44,53)(H,45,51)/t37-,38+/m0/s1. The summed E-state index contributed by atoms with van der Waals surface area (Å²) in [5, 5.41) is 10.8. The van der Waals surface area contributed by atoms with Gasteiger partial charge in [-0.1, -0.05) is 90.8 Å². The lowest BCUT2D eigenvalue weighted by molar-refractivity contribution is -0.157. The summed E-state index contributed by atoms with van der Waals surface area (Å²) in [6.45, 7) is 0.268. The minimum Gasteiger partial charge on any atom is -0.333 e. The van der Waals surface area contributed by atoms with E-state index in [9.17, 15) is 23.6 Å². The zero-order valence-corrected chi connectivity index (χ0v) is 28.8. The maximum Gasteiger partial charge on any atom is 0.333 e. The summed E-state index contributed by atoms with van der Waals surface area (Å²) in [5.74, 6) is 1.39. The molecule has 5 aromatic rings. The predicted octanol–water partition coefficient (Wildman–Crippen LogP) is 5.42. The lowest BCUT2D eigenvalue weighted by Crippen LogP contribution is -2.66. The molecular formula is C42H37FN6O4. The molecule has 2 saturated heterocycles. The van der Waals surface area contributed by atoms with Gasteiger partial charge in [0.25, 0.3) is 5.91 Å². The van der Waals surface area contributed by atoms with Crippen molar-refractivity contribution in [2.45, 2.75) is 31.7 Å². The first-order chi connectivity index (χ1) is 25.8. The van der Waals surface area contributed by atoms with Crippen LogP contribution < -0.4 is 10.6 Å². The number of terminal acetylenes is 1. The monoisotopic (exact) mass is 708 g/mol. The van der Waals surface area contributed by atoms with Gasteiger partial charge in [0.15, 0.2) is 0 Å². The van der Waals surface area contributed by atoms with Crippen molar-refractivity contribution >= 4 is 40.2 Å². The number of nitrogens with one attached hydrogen (secondary N) is 2. The van der Waals surface area contributed by atoms with Gasteiger partial charge in [-0.3, -0.25) is 14.4 Å². The number of fused-ring (bicyclic) bond motifs is 2. The van der Waals surface area contributed by atoms with Crippen LogP contribution in [0.1, 0.15) is 27.0 Å². The van der Waals surface area contributed by atoms with Crippen LogP contribution in [-0.2, 0) is 29.1 Å². The first-order valence-electron chi connectivity index (χ1n) is 17.3. The molecule has 2 aliphatic rings. The van der Waals surface area contributed by atoms with Gasteiger partial charge in [-0.2, -0.15) is 5.01 Å². The molecule has 2 N–H and O–H groups in total. The maximum absolute atomic E-state index is 14.5. The summed E-state index contributed by atoms with van der Waals surface area (Å²) in [7, 11) is 0. The molecule has 5 aromatic carbocycles. The third kappa shape index (κ3) is 7.59. The van der Waals surface area contributed by atoms with Gasteiger partial charge in [0.1, 0.15) is 18.0 Å². The molecule has 10 nitrogen and oxygen atoms in total. The average Bonchev–Trinajstić information content (AvgIpc) is 3.50. The number of hydrogen-bond acceptors (Lipinski definition) is 5. The molecule has 2 aliphatic heterocycles. The zero-order chi connectivity index (χ0) is 36.9. The van der Waals surface area contributed by atoms with E-state index in [-0.39, 0.29) is 56.1 Å². The highest BCUT2D eigenvalue weighted by Crippen LogP contribution is 2.31. The molecule has 266 valence electrons. The van der Waals surface area contributed by atoms with Gasteiger partial charge < -0.3 is 20.4 Å². The number of piperazine rings is 1. The van der Waals surface area contributed by atoms with E-state index < -0.39 is 18.2 Å². The lowest BCUT2D eigenvalue weighted by atomic mass is 9.98. The number of hydrogen-bond donors (Lipinski definition) is 2. The van der Waals surface area contributed by atoms with E-state index in [1.165, 1.54) is 17.1 Å². The van der Waals surface area contributed by atoms with E-state index in [1.54, 1.807) is 63.3 Å². The normalized spacial score (nSPS) is 17.0. The molecule has 0 saturated carbocycles. The van der Waals surface area contributed by atoms with E-state index in [2.05, 4.69) is 16.6 Å². The van der Waals surface area contributed by atoms with Gasteiger partial charge in [-0.15, -0.1) is 6.42 Å².